The molecule has 0 aromatic heterocycles. The second-order valence-electron chi connectivity index (χ2n) is 3.92. The van der Waals surface area contributed by atoms with Crippen molar-refractivity contribution in [2.75, 3.05) is 14.2 Å². The third kappa shape index (κ3) is 11.6. The molecule has 2 N–H and O–H groups in total. The number of carbonyl (C=O) groups is 4. The SMILES string of the molecule is C.CC1CC(=O)OC1=O.CO.COC(=O)CC(C)C(=O)O. The van der Waals surface area contributed by atoms with E-state index < -0.39 is 29.8 Å². The first-order chi connectivity index (χ1) is 9.27. The fraction of sp³-hybridized carbons (Fsp3) is 0.692. The largest absolute Gasteiger partial charge is 0.481 e. The molecule has 8 heteroatoms. The smallest absolute Gasteiger partial charge is 0.316 e. The molecule has 2 atom stereocenters. The lowest BCUT2D eigenvalue weighted by Gasteiger charge is -2.02. The van der Waals surface area contributed by atoms with Gasteiger partial charge in [-0.05, 0) is 0 Å². The number of hydrogen-bond donors (Lipinski definition) is 2. The molecule has 124 valence electrons. The first-order valence-corrected chi connectivity index (χ1v) is 5.76. The van der Waals surface area contributed by atoms with Crippen LogP contribution in [0.2, 0.25) is 0 Å². The van der Waals surface area contributed by atoms with Crippen LogP contribution < -0.4 is 0 Å². The maximum absolute atomic E-state index is 10.4. The Balaban J connectivity index is -0.000000268. The average Bonchev–Trinajstić information content (AvgIpc) is 2.69. The Hall–Kier alpha value is -1.96. The van der Waals surface area contributed by atoms with Crippen molar-refractivity contribution in [3.8, 4) is 0 Å². The van der Waals surface area contributed by atoms with Gasteiger partial charge in [-0.1, -0.05) is 21.3 Å². The predicted octanol–water partition coefficient (Wildman–Crippen LogP) is 0.611. The van der Waals surface area contributed by atoms with E-state index in [0.29, 0.717) is 0 Å². The van der Waals surface area contributed by atoms with Crippen LogP contribution in [0.1, 0.15) is 34.1 Å². The fourth-order valence-corrected chi connectivity index (χ4v) is 1.01. The predicted molar refractivity (Wildman–Crippen MR) is 73.2 cm³/mol. The van der Waals surface area contributed by atoms with Crippen molar-refractivity contribution in [1.29, 1.82) is 0 Å². The molecule has 0 aromatic rings. The van der Waals surface area contributed by atoms with Crippen molar-refractivity contribution < 1.29 is 38.9 Å². The number of carbonyl (C=O) groups excluding carboxylic acids is 3. The molecule has 1 fully saturated rings. The summed E-state index contributed by atoms with van der Waals surface area (Å²) in [6.07, 6.45) is 0.185. The molecule has 0 aromatic carbocycles. The van der Waals surface area contributed by atoms with Crippen LogP contribution in [0.15, 0.2) is 0 Å². The molecule has 21 heavy (non-hydrogen) atoms. The zero-order valence-corrected chi connectivity index (χ0v) is 11.9. The molecule has 0 saturated carbocycles. The van der Waals surface area contributed by atoms with E-state index in [2.05, 4.69) is 9.47 Å². The van der Waals surface area contributed by atoms with Crippen LogP contribution in [0.25, 0.3) is 0 Å². The Kier molecular flexibility index (Phi) is 15.0. The van der Waals surface area contributed by atoms with Crippen LogP contribution in [-0.4, -0.2) is 48.3 Å². The summed E-state index contributed by atoms with van der Waals surface area (Å²) in [4.78, 5) is 41.1. The zero-order chi connectivity index (χ0) is 16.3. The van der Waals surface area contributed by atoms with E-state index in [0.717, 1.165) is 7.11 Å². The van der Waals surface area contributed by atoms with Crippen molar-refractivity contribution in [3.63, 3.8) is 0 Å². The van der Waals surface area contributed by atoms with E-state index in [1.165, 1.54) is 14.0 Å². The van der Waals surface area contributed by atoms with Gasteiger partial charge in [-0.3, -0.25) is 19.2 Å². The van der Waals surface area contributed by atoms with Crippen LogP contribution in [0, 0.1) is 11.8 Å². The van der Waals surface area contributed by atoms with Crippen LogP contribution in [0.4, 0.5) is 0 Å². The molecule has 2 unspecified atom stereocenters. The van der Waals surface area contributed by atoms with Crippen LogP contribution in [0.5, 0.6) is 0 Å². The van der Waals surface area contributed by atoms with Gasteiger partial charge in [-0.2, -0.15) is 0 Å². The summed E-state index contributed by atoms with van der Waals surface area (Å²) in [6, 6.07) is 0. The quantitative estimate of drug-likeness (QED) is 0.573. The van der Waals surface area contributed by atoms with Crippen LogP contribution in [0.3, 0.4) is 0 Å². The standard InChI is InChI=1S/C6H10O4.C5H6O3.CH4O.CH4/c1-4(6(8)9)3-5(7)10-2;1-3-2-4(6)8-5(3)7;1-2;/h4H,3H2,1-2H3,(H,8,9);3H,2H2,1H3;2H,1H3;1H4. The van der Waals surface area contributed by atoms with Crippen molar-refractivity contribution >= 4 is 23.9 Å². The number of ether oxygens (including phenoxy) is 2. The van der Waals surface area contributed by atoms with Gasteiger partial charge < -0.3 is 19.7 Å². The number of hydrogen-bond acceptors (Lipinski definition) is 7. The van der Waals surface area contributed by atoms with Gasteiger partial charge in [0.05, 0.1) is 31.8 Å². The summed E-state index contributed by atoms with van der Waals surface area (Å²) in [7, 11) is 2.23. The highest BCUT2D eigenvalue weighted by atomic mass is 16.6. The molecule has 0 radical (unpaired) electrons. The van der Waals surface area contributed by atoms with Gasteiger partial charge in [0.1, 0.15) is 0 Å². The Labute approximate surface area is 124 Å². The van der Waals surface area contributed by atoms with Gasteiger partial charge in [0, 0.05) is 7.11 Å². The highest BCUT2D eigenvalue weighted by molar-refractivity contribution is 5.94. The molecule has 8 nitrogen and oxygen atoms in total. The number of aliphatic carboxylic acids is 1. The van der Waals surface area contributed by atoms with E-state index in [4.69, 9.17) is 10.2 Å². The number of esters is 3. The van der Waals surface area contributed by atoms with Gasteiger partial charge in [-0.25, -0.2) is 0 Å². The number of aliphatic hydroxyl groups excluding tert-OH is 1. The summed E-state index contributed by atoms with van der Waals surface area (Å²) in [5, 5.41) is 15.3. The molecule has 0 amide bonds. The van der Waals surface area contributed by atoms with Crippen LogP contribution in [-0.2, 0) is 28.7 Å². The molecule has 0 bridgehead atoms. The topological polar surface area (TPSA) is 127 Å². The minimum Gasteiger partial charge on any atom is -0.481 e. The van der Waals surface area contributed by atoms with E-state index >= 15 is 0 Å². The summed E-state index contributed by atoms with van der Waals surface area (Å²) in [5.41, 5.74) is 0. The van der Waals surface area contributed by atoms with Gasteiger partial charge in [0.15, 0.2) is 0 Å². The minimum absolute atomic E-state index is 0. The first-order valence-electron chi connectivity index (χ1n) is 5.76. The number of carboxylic acids is 1. The molecule has 1 aliphatic rings. The monoisotopic (exact) mass is 308 g/mol. The maximum Gasteiger partial charge on any atom is 0.316 e. The van der Waals surface area contributed by atoms with Crippen molar-refractivity contribution in [3.05, 3.63) is 0 Å². The summed E-state index contributed by atoms with van der Waals surface area (Å²) in [5.74, 6) is -3.15. The molecule has 1 saturated heterocycles. The first kappa shape index (κ1) is 24.1. The Morgan fingerprint density at radius 2 is 1.86 bits per heavy atom. The number of carboxylic acid groups (broad SMARTS) is 1. The Morgan fingerprint density at radius 3 is 2.05 bits per heavy atom. The fourth-order valence-electron chi connectivity index (χ4n) is 1.01. The van der Waals surface area contributed by atoms with Crippen LogP contribution >= 0.6 is 0 Å². The Morgan fingerprint density at radius 1 is 1.38 bits per heavy atom. The summed E-state index contributed by atoms with van der Waals surface area (Å²) in [6.45, 7) is 3.13. The Bertz CT molecular complexity index is 350. The molecular formula is C13H24O8. The van der Waals surface area contributed by atoms with Gasteiger partial charge in [-0.15, -0.1) is 0 Å². The second-order valence-corrected chi connectivity index (χ2v) is 3.92. The third-order valence-corrected chi connectivity index (χ3v) is 2.21. The number of aliphatic hydroxyl groups is 1. The van der Waals surface area contributed by atoms with Gasteiger partial charge in [0.2, 0.25) is 0 Å². The van der Waals surface area contributed by atoms with Crippen molar-refractivity contribution in [2.45, 2.75) is 34.1 Å². The number of rotatable bonds is 3. The lowest BCUT2D eigenvalue weighted by atomic mass is 10.1. The second kappa shape index (κ2) is 13.0. The van der Waals surface area contributed by atoms with Gasteiger partial charge >= 0.3 is 23.9 Å². The minimum atomic E-state index is -0.981. The molecule has 1 rings (SSSR count). The van der Waals surface area contributed by atoms with Gasteiger partial charge in [0.25, 0.3) is 0 Å². The normalized spacial score (nSPS) is 16.9. The average molecular weight is 308 g/mol. The molecular weight excluding hydrogens is 284 g/mol. The summed E-state index contributed by atoms with van der Waals surface area (Å²) >= 11 is 0. The zero-order valence-electron chi connectivity index (χ0n) is 11.9. The van der Waals surface area contributed by atoms with E-state index in [-0.39, 0.29) is 26.2 Å². The molecule has 0 aliphatic carbocycles. The van der Waals surface area contributed by atoms with E-state index in [1.807, 2.05) is 0 Å². The van der Waals surface area contributed by atoms with Crippen molar-refractivity contribution in [1.82, 2.24) is 0 Å². The van der Waals surface area contributed by atoms with Crippen molar-refractivity contribution in [2.24, 2.45) is 11.8 Å². The lowest BCUT2D eigenvalue weighted by Crippen LogP contribution is -2.15. The summed E-state index contributed by atoms with van der Waals surface area (Å²) < 4.78 is 8.46. The number of methoxy groups -OCH3 is 1. The third-order valence-electron chi connectivity index (χ3n) is 2.21. The van der Waals surface area contributed by atoms with E-state index in [9.17, 15) is 19.2 Å². The highest BCUT2D eigenvalue weighted by Crippen LogP contribution is 2.13. The maximum atomic E-state index is 10.4. The molecule has 0 spiro atoms. The highest BCUT2D eigenvalue weighted by Gasteiger charge is 2.28. The number of cyclic esters (lactones) is 2. The lowest BCUT2D eigenvalue weighted by molar-refractivity contribution is -0.153. The molecule has 1 heterocycles. The molecule has 1 aliphatic heterocycles. The van der Waals surface area contributed by atoms with E-state index in [1.54, 1.807) is 6.92 Å².